The van der Waals surface area contributed by atoms with Crippen LogP contribution in [0.25, 0.3) is 0 Å². The molecule has 0 bridgehead atoms. The van der Waals surface area contributed by atoms with Crippen LogP contribution in [0.1, 0.15) is 43.5 Å². The van der Waals surface area contributed by atoms with Gasteiger partial charge >= 0.3 is 0 Å². The van der Waals surface area contributed by atoms with Crippen molar-refractivity contribution in [1.29, 1.82) is 5.26 Å². The Labute approximate surface area is 125 Å². The lowest BCUT2D eigenvalue weighted by atomic mass is 10.0. The van der Waals surface area contributed by atoms with Crippen LogP contribution in [0.2, 0.25) is 0 Å². The molecule has 4 heteroatoms. The van der Waals surface area contributed by atoms with Gasteiger partial charge < -0.3 is 15.0 Å². The van der Waals surface area contributed by atoms with Crippen molar-refractivity contribution in [2.75, 3.05) is 5.73 Å². The Morgan fingerprint density at radius 2 is 2.05 bits per heavy atom. The summed E-state index contributed by atoms with van der Waals surface area (Å²) in [6.45, 7) is 8.89. The highest BCUT2D eigenvalue weighted by Gasteiger charge is 2.15. The van der Waals surface area contributed by atoms with Crippen molar-refractivity contribution in [2.45, 2.75) is 40.2 Å². The lowest BCUT2D eigenvalue weighted by molar-refractivity contribution is 0.430. The fourth-order valence-electron chi connectivity index (χ4n) is 2.26. The first-order chi connectivity index (χ1) is 9.97. The number of hydrogen-bond donors (Lipinski definition) is 1. The second kappa shape index (κ2) is 5.92. The molecule has 1 aromatic carbocycles. The summed E-state index contributed by atoms with van der Waals surface area (Å²) in [6, 6.07) is 9.99. The summed E-state index contributed by atoms with van der Waals surface area (Å²) in [5.74, 6) is 1.75. The van der Waals surface area contributed by atoms with Crippen LogP contribution in [0.4, 0.5) is 5.69 Å². The molecule has 1 aromatic heterocycles. The molecule has 0 radical (unpaired) electrons. The number of ether oxygens (including phenoxy) is 1. The van der Waals surface area contributed by atoms with Gasteiger partial charge in [0, 0.05) is 12.6 Å². The van der Waals surface area contributed by atoms with E-state index in [0.717, 1.165) is 11.3 Å². The molecule has 2 aromatic rings. The van der Waals surface area contributed by atoms with Crippen LogP contribution < -0.4 is 10.5 Å². The Balaban J connectivity index is 2.45. The summed E-state index contributed by atoms with van der Waals surface area (Å²) in [4.78, 5) is 0. The third kappa shape index (κ3) is 2.87. The van der Waals surface area contributed by atoms with Crippen molar-refractivity contribution in [3.63, 3.8) is 0 Å². The monoisotopic (exact) mass is 283 g/mol. The SMILES string of the molecule is CCn1c(C#N)cc(N)c1Oc1cc(C(C)C)ccc1C. The molecule has 0 unspecified atom stereocenters. The van der Waals surface area contributed by atoms with Crippen molar-refractivity contribution >= 4 is 5.69 Å². The molecule has 0 atom stereocenters. The first-order valence-electron chi connectivity index (χ1n) is 7.15. The van der Waals surface area contributed by atoms with E-state index in [0.29, 0.717) is 29.7 Å². The third-order valence-corrected chi connectivity index (χ3v) is 3.59. The average molecular weight is 283 g/mol. The van der Waals surface area contributed by atoms with Crippen LogP contribution >= 0.6 is 0 Å². The van der Waals surface area contributed by atoms with Gasteiger partial charge in [0.15, 0.2) is 0 Å². The predicted octanol–water partition coefficient (Wildman–Crippen LogP) is 4.19. The second-order valence-corrected chi connectivity index (χ2v) is 5.43. The summed E-state index contributed by atoms with van der Waals surface area (Å²) < 4.78 is 7.81. The topological polar surface area (TPSA) is 64.0 Å². The van der Waals surface area contributed by atoms with Gasteiger partial charge in [0.2, 0.25) is 5.88 Å². The number of benzene rings is 1. The van der Waals surface area contributed by atoms with Gasteiger partial charge in [-0.15, -0.1) is 0 Å². The molecule has 0 aliphatic rings. The number of nitrogens with zero attached hydrogens (tertiary/aromatic N) is 2. The summed E-state index contributed by atoms with van der Waals surface area (Å²) in [5, 5.41) is 9.14. The predicted molar refractivity (Wildman–Crippen MR) is 84.6 cm³/mol. The van der Waals surface area contributed by atoms with Gasteiger partial charge in [-0.2, -0.15) is 5.26 Å². The Morgan fingerprint density at radius 1 is 1.33 bits per heavy atom. The summed E-state index contributed by atoms with van der Waals surface area (Å²) >= 11 is 0. The van der Waals surface area contributed by atoms with E-state index in [-0.39, 0.29) is 0 Å². The molecule has 21 heavy (non-hydrogen) atoms. The van der Waals surface area contributed by atoms with Crippen LogP contribution in [-0.2, 0) is 6.54 Å². The molecule has 2 rings (SSSR count). The van der Waals surface area contributed by atoms with Gasteiger partial charge in [-0.1, -0.05) is 26.0 Å². The molecule has 0 aliphatic carbocycles. The Bertz CT molecular complexity index is 693. The van der Waals surface area contributed by atoms with E-state index in [1.165, 1.54) is 5.56 Å². The zero-order valence-electron chi connectivity index (χ0n) is 13.0. The first kappa shape index (κ1) is 15.0. The number of aromatic nitrogens is 1. The van der Waals surface area contributed by atoms with Crippen LogP contribution in [0.3, 0.4) is 0 Å². The highest BCUT2D eigenvalue weighted by Crippen LogP contribution is 2.34. The zero-order chi connectivity index (χ0) is 15.6. The van der Waals surface area contributed by atoms with E-state index in [9.17, 15) is 0 Å². The number of hydrogen-bond acceptors (Lipinski definition) is 3. The fourth-order valence-corrected chi connectivity index (χ4v) is 2.26. The fraction of sp³-hybridized carbons (Fsp3) is 0.353. The molecule has 0 aliphatic heterocycles. The highest BCUT2D eigenvalue weighted by molar-refractivity contribution is 5.57. The van der Waals surface area contributed by atoms with Gasteiger partial charge in [0.25, 0.3) is 0 Å². The molecular weight excluding hydrogens is 262 g/mol. The number of anilines is 1. The van der Waals surface area contributed by atoms with E-state index in [4.69, 9.17) is 15.7 Å². The number of nitrogen functional groups attached to an aromatic ring is 1. The van der Waals surface area contributed by atoms with Gasteiger partial charge in [-0.05, 0) is 37.0 Å². The maximum Gasteiger partial charge on any atom is 0.224 e. The lowest BCUT2D eigenvalue weighted by Gasteiger charge is -2.14. The first-order valence-corrected chi connectivity index (χ1v) is 7.15. The zero-order valence-corrected chi connectivity index (χ0v) is 13.0. The molecule has 0 saturated carbocycles. The average Bonchev–Trinajstić information content (AvgIpc) is 2.76. The minimum atomic E-state index is 0.429. The molecule has 4 nitrogen and oxygen atoms in total. The quantitative estimate of drug-likeness (QED) is 0.915. The standard InChI is InChI=1S/C17H21N3O/c1-5-20-14(10-18)9-15(19)17(20)21-16-8-13(11(2)3)7-6-12(16)4/h6-9,11H,5,19H2,1-4H3. The number of rotatable bonds is 4. The maximum atomic E-state index is 9.14. The minimum Gasteiger partial charge on any atom is -0.438 e. The summed E-state index contributed by atoms with van der Waals surface area (Å²) in [6.07, 6.45) is 0. The van der Waals surface area contributed by atoms with Crippen molar-refractivity contribution in [2.24, 2.45) is 0 Å². The van der Waals surface area contributed by atoms with E-state index >= 15 is 0 Å². The normalized spacial score (nSPS) is 10.7. The Hall–Kier alpha value is -2.41. The Kier molecular flexibility index (Phi) is 4.23. The molecule has 0 saturated heterocycles. The lowest BCUT2D eigenvalue weighted by Crippen LogP contribution is -2.02. The van der Waals surface area contributed by atoms with E-state index in [1.54, 1.807) is 10.6 Å². The minimum absolute atomic E-state index is 0.429. The van der Waals surface area contributed by atoms with E-state index in [1.807, 2.05) is 26.0 Å². The van der Waals surface area contributed by atoms with Crippen molar-refractivity contribution < 1.29 is 4.74 Å². The van der Waals surface area contributed by atoms with Crippen LogP contribution in [0.15, 0.2) is 24.3 Å². The molecule has 0 fully saturated rings. The molecule has 2 N–H and O–H groups in total. The number of aryl methyl sites for hydroxylation is 1. The maximum absolute atomic E-state index is 9.14. The van der Waals surface area contributed by atoms with Crippen molar-refractivity contribution in [3.8, 4) is 17.7 Å². The molecule has 1 heterocycles. The van der Waals surface area contributed by atoms with Crippen LogP contribution in [0.5, 0.6) is 11.6 Å². The van der Waals surface area contributed by atoms with E-state index in [2.05, 4.69) is 26.0 Å². The van der Waals surface area contributed by atoms with Crippen LogP contribution in [-0.4, -0.2) is 4.57 Å². The second-order valence-electron chi connectivity index (χ2n) is 5.43. The molecular formula is C17H21N3O. The van der Waals surface area contributed by atoms with Gasteiger partial charge in [-0.25, -0.2) is 0 Å². The summed E-state index contributed by atoms with van der Waals surface area (Å²) in [5.41, 5.74) is 9.25. The molecule has 0 spiro atoms. The van der Waals surface area contributed by atoms with Gasteiger partial charge in [0.05, 0.1) is 5.69 Å². The van der Waals surface area contributed by atoms with E-state index < -0.39 is 0 Å². The van der Waals surface area contributed by atoms with Crippen LogP contribution in [0, 0.1) is 18.3 Å². The Morgan fingerprint density at radius 3 is 2.62 bits per heavy atom. The number of nitrogens with two attached hydrogens (primary N) is 1. The summed E-state index contributed by atoms with van der Waals surface area (Å²) in [7, 11) is 0. The third-order valence-electron chi connectivity index (χ3n) is 3.59. The largest absolute Gasteiger partial charge is 0.438 e. The number of nitriles is 1. The smallest absolute Gasteiger partial charge is 0.224 e. The molecule has 0 amide bonds. The molecule has 110 valence electrons. The van der Waals surface area contributed by atoms with Gasteiger partial charge in [0.1, 0.15) is 17.5 Å². The van der Waals surface area contributed by atoms with Gasteiger partial charge in [-0.3, -0.25) is 0 Å². The highest BCUT2D eigenvalue weighted by atomic mass is 16.5. The van der Waals surface area contributed by atoms with Crippen molar-refractivity contribution in [3.05, 3.63) is 41.1 Å². The van der Waals surface area contributed by atoms with Crippen molar-refractivity contribution in [1.82, 2.24) is 4.57 Å².